The highest BCUT2D eigenvalue weighted by atomic mass is 14.6. The smallest absolute Gasteiger partial charge is 0.0295 e. The summed E-state index contributed by atoms with van der Waals surface area (Å²) in [6.45, 7) is 9.80. The van der Waals surface area contributed by atoms with Crippen LogP contribution in [0.4, 0.5) is 0 Å². The van der Waals surface area contributed by atoms with Crippen molar-refractivity contribution in [3.8, 4) is 0 Å². The van der Waals surface area contributed by atoms with Gasteiger partial charge in [-0.2, -0.15) is 0 Å². The molecule has 0 aromatic rings. The average Bonchev–Trinajstić information content (AvgIpc) is 2.03. The molecule has 0 saturated heterocycles. The number of fused-ring (bicyclic) bond motifs is 2. The van der Waals surface area contributed by atoms with E-state index in [2.05, 4.69) is 27.7 Å². The van der Waals surface area contributed by atoms with Crippen molar-refractivity contribution in [1.29, 1.82) is 0 Å². The summed E-state index contributed by atoms with van der Waals surface area (Å²) in [6, 6.07) is 0. The Morgan fingerprint density at radius 2 is 1.92 bits per heavy atom. The Morgan fingerprint density at radius 1 is 1.25 bits per heavy atom. The summed E-state index contributed by atoms with van der Waals surface area (Å²) in [7, 11) is 0. The topological polar surface area (TPSA) is 0 Å². The fourth-order valence-electron chi connectivity index (χ4n) is 3.80. The highest BCUT2D eigenvalue weighted by molar-refractivity contribution is 5.04. The summed E-state index contributed by atoms with van der Waals surface area (Å²) < 4.78 is 0. The Balaban J connectivity index is 2.11. The van der Waals surface area contributed by atoms with Crippen LogP contribution in [0.5, 0.6) is 0 Å². The van der Waals surface area contributed by atoms with Crippen molar-refractivity contribution in [2.45, 2.75) is 47.0 Å². The Hall–Kier alpha value is 0. The molecule has 12 heavy (non-hydrogen) atoms. The minimum Gasteiger partial charge on any atom is -0.0651 e. The van der Waals surface area contributed by atoms with Gasteiger partial charge in [0.25, 0.3) is 0 Å². The molecule has 3 aliphatic rings. The van der Waals surface area contributed by atoms with Crippen molar-refractivity contribution in [3.63, 3.8) is 0 Å². The lowest BCUT2D eigenvalue weighted by Crippen LogP contribution is -2.54. The summed E-state index contributed by atoms with van der Waals surface area (Å²) in [5, 5.41) is 0. The second kappa shape index (κ2) is 2.49. The van der Waals surface area contributed by atoms with Gasteiger partial charge in [-0.25, -0.2) is 0 Å². The standard InChI is InChI=1S/C12H22/c1-5-9-6-10-7-11(8(9)2)12(10,3)4/h8-11H,5-7H2,1-4H3/t8-,9+,10?,11?/m1/s1. The van der Waals surface area contributed by atoms with E-state index in [1.165, 1.54) is 19.3 Å². The SMILES string of the molecule is CC[C@H]1CC2CC([C@@H]1C)C2(C)C. The first-order chi connectivity index (χ1) is 5.57. The average molecular weight is 166 g/mol. The van der Waals surface area contributed by atoms with E-state index >= 15 is 0 Å². The molecule has 4 atom stereocenters. The van der Waals surface area contributed by atoms with Crippen molar-refractivity contribution < 1.29 is 0 Å². The van der Waals surface area contributed by atoms with E-state index in [4.69, 9.17) is 0 Å². The molecule has 70 valence electrons. The normalized spacial score (nSPS) is 50.0. The van der Waals surface area contributed by atoms with Gasteiger partial charge in [0.15, 0.2) is 0 Å². The van der Waals surface area contributed by atoms with Crippen LogP contribution in [0.15, 0.2) is 0 Å². The molecule has 0 nitrogen and oxygen atoms in total. The molecule has 3 saturated carbocycles. The molecule has 0 aliphatic heterocycles. The number of hydrogen-bond acceptors (Lipinski definition) is 0. The molecule has 2 bridgehead atoms. The van der Waals surface area contributed by atoms with Crippen molar-refractivity contribution in [2.24, 2.45) is 29.1 Å². The lowest BCUT2D eigenvalue weighted by atomic mass is 9.43. The third kappa shape index (κ3) is 0.900. The molecule has 3 fully saturated rings. The summed E-state index contributed by atoms with van der Waals surface area (Å²) >= 11 is 0. The summed E-state index contributed by atoms with van der Waals surface area (Å²) in [4.78, 5) is 0. The Kier molecular flexibility index (Phi) is 1.79. The zero-order valence-electron chi connectivity index (χ0n) is 8.93. The summed E-state index contributed by atoms with van der Waals surface area (Å²) in [6.07, 6.45) is 4.45. The van der Waals surface area contributed by atoms with E-state index in [9.17, 15) is 0 Å². The first-order valence-electron chi connectivity index (χ1n) is 5.57. The molecular weight excluding hydrogens is 144 g/mol. The first-order valence-corrected chi connectivity index (χ1v) is 5.57. The third-order valence-electron chi connectivity index (χ3n) is 5.04. The van der Waals surface area contributed by atoms with E-state index in [1.807, 2.05) is 0 Å². The van der Waals surface area contributed by atoms with Crippen molar-refractivity contribution in [1.82, 2.24) is 0 Å². The largest absolute Gasteiger partial charge is 0.0651 e. The minimum atomic E-state index is 0.686. The highest BCUT2D eigenvalue weighted by Gasteiger charge is 2.55. The van der Waals surface area contributed by atoms with Crippen molar-refractivity contribution >= 4 is 0 Å². The van der Waals surface area contributed by atoms with Gasteiger partial charge in [0.05, 0.1) is 0 Å². The van der Waals surface area contributed by atoms with Gasteiger partial charge < -0.3 is 0 Å². The molecule has 0 spiro atoms. The maximum absolute atomic E-state index is 2.48. The second-order valence-electron chi connectivity index (χ2n) is 5.62. The van der Waals surface area contributed by atoms with Crippen LogP contribution in [0, 0.1) is 29.1 Å². The first kappa shape index (κ1) is 8.59. The van der Waals surface area contributed by atoms with Gasteiger partial charge >= 0.3 is 0 Å². The Bertz CT molecular complexity index is 180. The van der Waals surface area contributed by atoms with Crippen LogP contribution in [0.1, 0.15) is 47.0 Å². The molecule has 0 heteroatoms. The molecule has 0 amide bonds. The van der Waals surface area contributed by atoms with E-state index in [1.54, 1.807) is 0 Å². The van der Waals surface area contributed by atoms with Crippen molar-refractivity contribution in [2.75, 3.05) is 0 Å². The Morgan fingerprint density at radius 3 is 2.33 bits per heavy atom. The van der Waals surface area contributed by atoms with E-state index in [0.717, 1.165) is 23.7 Å². The zero-order valence-corrected chi connectivity index (χ0v) is 8.93. The van der Waals surface area contributed by atoms with Gasteiger partial charge in [-0.05, 0) is 41.9 Å². The molecule has 0 N–H and O–H groups in total. The zero-order chi connectivity index (χ0) is 8.93. The molecule has 3 aliphatic carbocycles. The van der Waals surface area contributed by atoms with Gasteiger partial charge in [0.2, 0.25) is 0 Å². The van der Waals surface area contributed by atoms with Crippen LogP contribution in [0.2, 0.25) is 0 Å². The molecule has 0 heterocycles. The van der Waals surface area contributed by atoms with Gasteiger partial charge in [-0.1, -0.05) is 34.1 Å². The van der Waals surface area contributed by atoms with Gasteiger partial charge in [0.1, 0.15) is 0 Å². The van der Waals surface area contributed by atoms with E-state index < -0.39 is 0 Å². The van der Waals surface area contributed by atoms with Gasteiger partial charge in [0, 0.05) is 0 Å². The van der Waals surface area contributed by atoms with E-state index in [0.29, 0.717) is 5.41 Å². The van der Waals surface area contributed by atoms with Gasteiger partial charge in [-0.3, -0.25) is 0 Å². The quantitative estimate of drug-likeness (QED) is 0.557. The minimum absolute atomic E-state index is 0.686. The fraction of sp³-hybridized carbons (Fsp3) is 1.00. The molecule has 3 rings (SSSR count). The van der Waals surface area contributed by atoms with Crippen LogP contribution >= 0.6 is 0 Å². The maximum atomic E-state index is 2.48. The van der Waals surface area contributed by atoms with Crippen LogP contribution in [-0.2, 0) is 0 Å². The molecule has 0 aromatic heterocycles. The van der Waals surface area contributed by atoms with E-state index in [-0.39, 0.29) is 0 Å². The lowest BCUT2D eigenvalue weighted by molar-refractivity contribution is -0.129. The summed E-state index contributed by atoms with van der Waals surface area (Å²) in [5.74, 6) is 4.14. The van der Waals surface area contributed by atoms with Crippen molar-refractivity contribution in [3.05, 3.63) is 0 Å². The monoisotopic (exact) mass is 166 g/mol. The number of rotatable bonds is 1. The molecule has 0 aromatic carbocycles. The van der Waals surface area contributed by atoms with Crippen LogP contribution in [0.3, 0.4) is 0 Å². The third-order valence-corrected chi connectivity index (χ3v) is 5.04. The molecule has 2 unspecified atom stereocenters. The summed E-state index contributed by atoms with van der Waals surface area (Å²) in [5.41, 5.74) is 0.686. The lowest BCUT2D eigenvalue weighted by Gasteiger charge is -2.62. The molecule has 0 radical (unpaired) electrons. The van der Waals surface area contributed by atoms with Crippen LogP contribution < -0.4 is 0 Å². The van der Waals surface area contributed by atoms with Crippen LogP contribution in [-0.4, -0.2) is 0 Å². The fourth-order valence-corrected chi connectivity index (χ4v) is 3.80. The van der Waals surface area contributed by atoms with Crippen LogP contribution in [0.25, 0.3) is 0 Å². The van der Waals surface area contributed by atoms with Gasteiger partial charge in [-0.15, -0.1) is 0 Å². The highest BCUT2D eigenvalue weighted by Crippen LogP contribution is 2.63. The maximum Gasteiger partial charge on any atom is -0.0295 e. The Labute approximate surface area is 76.7 Å². The number of hydrogen-bond donors (Lipinski definition) is 0. The second-order valence-corrected chi connectivity index (χ2v) is 5.62. The predicted molar refractivity (Wildman–Crippen MR) is 52.9 cm³/mol. The molecular formula is C12H22. The predicted octanol–water partition coefficient (Wildman–Crippen LogP) is 3.71.